The zero-order chi connectivity index (χ0) is 24.7. The summed E-state index contributed by atoms with van der Waals surface area (Å²) in [4.78, 5) is 3.70. The number of rotatable bonds is 6. The zero-order valence-corrected chi connectivity index (χ0v) is 20.0. The Kier molecular flexibility index (Phi) is 6.92. The minimum Gasteiger partial charge on any atom is -0.376 e. The first-order chi connectivity index (χ1) is 15.2. The number of anilines is 1. The first-order valence-electron chi connectivity index (χ1n) is 9.50. The summed E-state index contributed by atoms with van der Waals surface area (Å²) < 4.78 is 69.8. The zero-order valence-electron chi connectivity index (χ0n) is 17.7. The van der Waals surface area contributed by atoms with Gasteiger partial charge in [-0.3, -0.25) is 0 Å². The normalized spacial score (nSPS) is 13.2. The number of sulfonamides is 1. The third-order valence-corrected chi connectivity index (χ3v) is 7.19. The average molecular weight is 519 g/mol. The second-order valence-corrected chi connectivity index (χ2v) is 10.2. The minimum absolute atomic E-state index is 0.0438. The molecule has 3 aromatic rings. The molecule has 1 unspecified atom stereocenters. The van der Waals surface area contributed by atoms with E-state index in [4.69, 9.17) is 23.2 Å². The number of aromatic amines is 1. The molecule has 0 saturated heterocycles. The lowest BCUT2D eigenvalue weighted by atomic mass is 10.0. The van der Waals surface area contributed by atoms with Crippen LogP contribution in [0.4, 0.5) is 18.9 Å². The molecule has 1 heterocycles. The summed E-state index contributed by atoms with van der Waals surface area (Å²) in [6, 6.07) is 5.26. The summed E-state index contributed by atoms with van der Waals surface area (Å²) in [7, 11) is -1.67. The molecule has 0 bridgehead atoms. The van der Waals surface area contributed by atoms with Crippen molar-refractivity contribution in [2.45, 2.75) is 30.5 Å². The van der Waals surface area contributed by atoms with Crippen LogP contribution in [0, 0.1) is 18.3 Å². The number of nitrogens with one attached hydrogen (secondary N) is 2. The molecule has 0 spiro atoms. The topological polar surface area (TPSA) is 89.0 Å². The van der Waals surface area contributed by atoms with Crippen LogP contribution in [-0.4, -0.2) is 39.7 Å². The van der Waals surface area contributed by atoms with Gasteiger partial charge in [0.15, 0.2) is 0 Å². The maximum absolute atomic E-state index is 14.0. The molecule has 1 aromatic heterocycles. The lowest BCUT2D eigenvalue weighted by Gasteiger charge is -2.24. The molecule has 176 valence electrons. The van der Waals surface area contributed by atoms with Gasteiger partial charge in [0.05, 0.1) is 21.8 Å². The van der Waals surface area contributed by atoms with Gasteiger partial charge in [0, 0.05) is 30.7 Å². The van der Waals surface area contributed by atoms with Crippen LogP contribution in [0.5, 0.6) is 0 Å². The van der Waals surface area contributed by atoms with E-state index in [1.54, 1.807) is 23.8 Å². The molecule has 0 radical (unpaired) electrons. The van der Waals surface area contributed by atoms with E-state index in [0.29, 0.717) is 16.5 Å². The molecule has 1 atom stereocenters. The molecule has 0 amide bonds. The predicted molar refractivity (Wildman–Crippen MR) is 122 cm³/mol. The van der Waals surface area contributed by atoms with E-state index in [1.165, 1.54) is 31.3 Å². The number of fused-ring (bicyclic) bond motifs is 1. The largest absolute Gasteiger partial charge is 0.405 e. The number of halogens is 5. The molecule has 6 nitrogen and oxygen atoms in total. The summed E-state index contributed by atoms with van der Waals surface area (Å²) in [6.45, 7) is 1.71. The molecule has 0 aliphatic heterocycles. The van der Waals surface area contributed by atoms with Gasteiger partial charge in [-0.25, -0.2) is 8.42 Å². The summed E-state index contributed by atoms with van der Waals surface area (Å²) in [5, 5.41) is 9.56. The smallest absolute Gasteiger partial charge is 0.376 e. The average Bonchev–Trinajstić information content (AvgIpc) is 3.07. The Morgan fingerprint density at radius 3 is 2.45 bits per heavy atom. The van der Waals surface area contributed by atoms with E-state index in [0.717, 1.165) is 6.07 Å². The number of H-pyrrole nitrogens is 1. The van der Waals surface area contributed by atoms with Gasteiger partial charge in [-0.2, -0.15) is 23.2 Å². The van der Waals surface area contributed by atoms with Crippen LogP contribution < -0.4 is 9.62 Å². The highest BCUT2D eigenvalue weighted by Gasteiger charge is 2.43. The van der Waals surface area contributed by atoms with E-state index in [9.17, 15) is 26.9 Å². The van der Waals surface area contributed by atoms with Crippen LogP contribution in [-0.2, 0) is 16.4 Å². The van der Waals surface area contributed by atoms with Crippen molar-refractivity contribution in [3.05, 3.63) is 57.2 Å². The van der Waals surface area contributed by atoms with Crippen molar-refractivity contribution in [2.75, 3.05) is 19.0 Å². The van der Waals surface area contributed by atoms with Crippen LogP contribution in [0.1, 0.15) is 16.7 Å². The third-order valence-electron chi connectivity index (χ3n) is 5.00. The van der Waals surface area contributed by atoms with Crippen LogP contribution >= 0.6 is 23.2 Å². The standard InChI is InChI=1S/C21H19Cl2F3N4O2S/c1-11-4-12(9-27)19-15(5-11)13(10-28-19)6-18(21(24,25)26)29-33(31,32)20-16(23)7-14(22)8-17(20)30(2)3/h4-5,7-8,10,18,28-29H,6H2,1-3H3. The highest BCUT2D eigenvalue weighted by atomic mass is 35.5. The van der Waals surface area contributed by atoms with E-state index in [1.807, 2.05) is 6.07 Å². The minimum atomic E-state index is -4.91. The number of hydrogen-bond donors (Lipinski definition) is 2. The van der Waals surface area contributed by atoms with Crippen molar-refractivity contribution < 1.29 is 21.6 Å². The summed E-state index contributed by atoms with van der Waals surface area (Å²) in [5.41, 5.74) is 1.61. The first kappa shape index (κ1) is 25.2. The molecule has 33 heavy (non-hydrogen) atoms. The van der Waals surface area contributed by atoms with E-state index in [2.05, 4.69) is 4.98 Å². The van der Waals surface area contributed by atoms with Crippen molar-refractivity contribution in [3.63, 3.8) is 0 Å². The Labute approximate surface area is 199 Å². The van der Waals surface area contributed by atoms with E-state index >= 15 is 0 Å². The number of nitriles is 1. The van der Waals surface area contributed by atoms with Crippen molar-refractivity contribution in [3.8, 4) is 6.07 Å². The van der Waals surface area contributed by atoms with Gasteiger partial charge in [-0.1, -0.05) is 23.2 Å². The summed E-state index contributed by atoms with van der Waals surface area (Å²) >= 11 is 12.0. The lowest BCUT2D eigenvalue weighted by Crippen LogP contribution is -2.47. The van der Waals surface area contributed by atoms with Gasteiger partial charge in [0.1, 0.15) is 17.0 Å². The molecule has 3 rings (SSSR count). The number of alkyl halides is 3. The number of aryl methyl sites for hydroxylation is 1. The maximum atomic E-state index is 14.0. The monoisotopic (exact) mass is 518 g/mol. The summed E-state index contributed by atoms with van der Waals surface area (Å²) in [6.07, 6.45) is -4.26. The van der Waals surface area contributed by atoms with Crippen molar-refractivity contribution in [2.24, 2.45) is 0 Å². The maximum Gasteiger partial charge on any atom is 0.405 e. The van der Waals surface area contributed by atoms with E-state index in [-0.39, 0.29) is 26.9 Å². The van der Waals surface area contributed by atoms with Crippen molar-refractivity contribution >= 4 is 49.8 Å². The van der Waals surface area contributed by atoms with Gasteiger partial charge < -0.3 is 9.88 Å². The Balaban J connectivity index is 2.06. The third kappa shape index (κ3) is 5.22. The highest BCUT2D eigenvalue weighted by molar-refractivity contribution is 7.89. The van der Waals surface area contributed by atoms with Crippen molar-refractivity contribution in [1.29, 1.82) is 5.26 Å². The number of aromatic nitrogens is 1. The quantitative estimate of drug-likeness (QED) is 0.470. The molecule has 0 fully saturated rings. The molecule has 2 N–H and O–H groups in total. The fraction of sp³-hybridized carbons (Fsp3) is 0.286. The van der Waals surface area contributed by atoms with Crippen LogP contribution in [0.25, 0.3) is 10.9 Å². The van der Waals surface area contributed by atoms with Gasteiger partial charge in [-0.15, -0.1) is 0 Å². The molecule has 0 aliphatic carbocycles. The van der Waals surface area contributed by atoms with Crippen molar-refractivity contribution in [1.82, 2.24) is 9.71 Å². The van der Waals surface area contributed by atoms with Crippen LogP contribution in [0.15, 0.2) is 35.4 Å². The Hall–Kier alpha value is -2.45. The molecule has 0 aliphatic rings. The number of hydrogen-bond acceptors (Lipinski definition) is 4. The fourth-order valence-electron chi connectivity index (χ4n) is 3.52. The molecular formula is C21H19Cl2F3N4O2S. The summed E-state index contributed by atoms with van der Waals surface area (Å²) in [5.74, 6) is 0. The van der Waals surface area contributed by atoms with Crippen LogP contribution in [0.2, 0.25) is 10.0 Å². The Morgan fingerprint density at radius 2 is 1.88 bits per heavy atom. The fourth-order valence-corrected chi connectivity index (χ4v) is 5.85. The number of nitrogens with zero attached hydrogens (tertiary/aromatic N) is 2. The SMILES string of the molecule is Cc1cc(C#N)c2[nH]cc(CC(NS(=O)(=O)c3c(Cl)cc(Cl)cc3N(C)C)C(F)(F)F)c2c1. The van der Waals surface area contributed by atoms with Crippen LogP contribution in [0.3, 0.4) is 0 Å². The Morgan fingerprint density at radius 1 is 1.21 bits per heavy atom. The highest BCUT2D eigenvalue weighted by Crippen LogP contribution is 2.36. The molecule has 12 heteroatoms. The second kappa shape index (κ2) is 9.06. The second-order valence-electron chi connectivity index (χ2n) is 7.71. The van der Waals surface area contributed by atoms with Gasteiger partial charge in [-0.05, 0) is 48.7 Å². The van der Waals surface area contributed by atoms with Gasteiger partial charge >= 0.3 is 6.18 Å². The number of benzene rings is 2. The van der Waals surface area contributed by atoms with Gasteiger partial charge in [0.2, 0.25) is 10.0 Å². The van der Waals surface area contributed by atoms with Gasteiger partial charge in [0.25, 0.3) is 0 Å². The molecule has 2 aromatic carbocycles. The first-order valence-corrected chi connectivity index (χ1v) is 11.7. The predicted octanol–water partition coefficient (Wildman–Crippen LogP) is 5.17. The lowest BCUT2D eigenvalue weighted by molar-refractivity contribution is -0.150. The van der Waals surface area contributed by atoms with E-state index < -0.39 is 33.6 Å². The Bertz CT molecular complexity index is 1360. The molecule has 0 saturated carbocycles. The molecular weight excluding hydrogens is 500 g/mol.